The molecular weight excluding hydrogens is 282 g/mol. The zero-order valence-electron chi connectivity index (χ0n) is 13.7. The van der Waals surface area contributed by atoms with Crippen molar-refractivity contribution in [3.8, 4) is 0 Å². The van der Waals surface area contributed by atoms with Crippen LogP contribution < -0.4 is 5.48 Å². The van der Waals surface area contributed by atoms with E-state index in [0.717, 1.165) is 6.42 Å². The number of nitrogens with one attached hydrogen (secondary N) is 1. The molecule has 0 aromatic carbocycles. The van der Waals surface area contributed by atoms with Crippen molar-refractivity contribution < 1.29 is 14.8 Å². The lowest BCUT2D eigenvalue weighted by Crippen LogP contribution is -2.38. The first-order valence-electron chi connectivity index (χ1n) is 7.67. The van der Waals surface area contributed by atoms with Gasteiger partial charge < -0.3 is 9.47 Å². The number of carbonyl (C=O) groups excluding carboxylic acids is 2. The molecule has 1 aromatic heterocycles. The molecule has 2 N–H and O–H groups in total. The van der Waals surface area contributed by atoms with Crippen molar-refractivity contribution >= 4 is 11.8 Å². The van der Waals surface area contributed by atoms with Gasteiger partial charge in [-0.05, 0) is 18.4 Å². The Balaban J connectivity index is 2.34. The van der Waals surface area contributed by atoms with Gasteiger partial charge in [-0.2, -0.15) is 0 Å². The van der Waals surface area contributed by atoms with Crippen LogP contribution >= 0.6 is 0 Å². The number of hydrogen-bond acceptors (Lipinski definition) is 3. The van der Waals surface area contributed by atoms with Gasteiger partial charge in [0.2, 0.25) is 0 Å². The Morgan fingerprint density at radius 3 is 2.68 bits per heavy atom. The van der Waals surface area contributed by atoms with Gasteiger partial charge in [0, 0.05) is 31.2 Å². The minimum atomic E-state index is -0.597. The molecule has 2 heterocycles. The summed E-state index contributed by atoms with van der Waals surface area (Å²) in [6.45, 7) is 10.6. The van der Waals surface area contributed by atoms with Crippen LogP contribution in [-0.4, -0.2) is 39.6 Å². The number of hydrogen-bond donors (Lipinski definition) is 2. The SMILES string of the molecule is CC(C)CCN1CC(C)(C)Cn2cc(C(=O)NO)cc2C1=O. The maximum atomic E-state index is 12.8. The van der Waals surface area contributed by atoms with Gasteiger partial charge in [0.05, 0.1) is 5.56 Å². The summed E-state index contributed by atoms with van der Waals surface area (Å²) in [5, 5.41) is 8.77. The lowest BCUT2D eigenvalue weighted by molar-refractivity contribution is 0.0694. The number of hydroxylamine groups is 1. The summed E-state index contributed by atoms with van der Waals surface area (Å²) < 4.78 is 1.82. The summed E-state index contributed by atoms with van der Waals surface area (Å²) >= 11 is 0. The molecule has 1 aliphatic heterocycles. The molecular formula is C16H25N3O3. The van der Waals surface area contributed by atoms with Gasteiger partial charge in [-0.3, -0.25) is 14.8 Å². The van der Waals surface area contributed by atoms with E-state index in [1.807, 2.05) is 9.47 Å². The Morgan fingerprint density at radius 2 is 2.09 bits per heavy atom. The van der Waals surface area contributed by atoms with E-state index in [0.29, 0.717) is 36.8 Å². The average molecular weight is 307 g/mol. The van der Waals surface area contributed by atoms with Crippen LogP contribution in [0.5, 0.6) is 0 Å². The van der Waals surface area contributed by atoms with E-state index < -0.39 is 5.91 Å². The molecule has 2 amide bonds. The predicted octanol–water partition coefficient (Wildman–Crippen LogP) is 2.14. The fourth-order valence-electron chi connectivity index (χ4n) is 2.87. The molecule has 6 nitrogen and oxygen atoms in total. The number of amides is 2. The van der Waals surface area contributed by atoms with Crippen LogP contribution in [0.3, 0.4) is 0 Å². The van der Waals surface area contributed by atoms with Gasteiger partial charge in [0.25, 0.3) is 11.8 Å². The van der Waals surface area contributed by atoms with Gasteiger partial charge in [0.15, 0.2) is 0 Å². The third-order valence-corrected chi connectivity index (χ3v) is 3.96. The molecule has 0 fully saturated rings. The van der Waals surface area contributed by atoms with E-state index in [4.69, 9.17) is 5.21 Å². The zero-order valence-corrected chi connectivity index (χ0v) is 13.7. The second-order valence-corrected chi connectivity index (χ2v) is 7.26. The topological polar surface area (TPSA) is 74.6 Å². The van der Waals surface area contributed by atoms with Crippen molar-refractivity contribution in [2.45, 2.75) is 40.7 Å². The summed E-state index contributed by atoms with van der Waals surface area (Å²) in [4.78, 5) is 26.2. The fraction of sp³-hybridized carbons (Fsp3) is 0.625. The van der Waals surface area contributed by atoms with Gasteiger partial charge in [-0.15, -0.1) is 0 Å². The Bertz CT molecular complexity index is 575. The van der Waals surface area contributed by atoms with Crippen LogP contribution in [0.15, 0.2) is 12.3 Å². The van der Waals surface area contributed by atoms with Crippen LogP contribution in [0.4, 0.5) is 0 Å². The highest BCUT2D eigenvalue weighted by molar-refractivity contribution is 5.99. The van der Waals surface area contributed by atoms with Crippen LogP contribution in [0.1, 0.15) is 55.0 Å². The lowest BCUT2D eigenvalue weighted by Gasteiger charge is -2.30. The molecule has 122 valence electrons. The Labute approximate surface area is 131 Å². The molecule has 0 saturated heterocycles. The first-order chi connectivity index (χ1) is 10.2. The molecule has 0 spiro atoms. The Morgan fingerprint density at radius 1 is 1.41 bits per heavy atom. The predicted molar refractivity (Wildman–Crippen MR) is 82.8 cm³/mol. The number of carbonyl (C=O) groups is 2. The monoisotopic (exact) mass is 307 g/mol. The van der Waals surface area contributed by atoms with Gasteiger partial charge in [-0.1, -0.05) is 27.7 Å². The van der Waals surface area contributed by atoms with Crippen molar-refractivity contribution in [1.29, 1.82) is 0 Å². The van der Waals surface area contributed by atoms with E-state index in [-0.39, 0.29) is 11.3 Å². The zero-order chi connectivity index (χ0) is 16.5. The normalized spacial score (nSPS) is 17.4. The van der Waals surface area contributed by atoms with E-state index in [9.17, 15) is 9.59 Å². The second-order valence-electron chi connectivity index (χ2n) is 7.26. The quantitative estimate of drug-likeness (QED) is 0.661. The molecule has 2 rings (SSSR count). The summed E-state index contributed by atoms with van der Waals surface area (Å²) in [6, 6.07) is 1.55. The highest BCUT2D eigenvalue weighted by Gasteiger charge is 2.33. The van der Waals surface area contributed by atoms with Crippen molar-refractivity contribution in [1.82, 2.24) is 14.9 Å². The van der Waals surface area contributed by atoms with Crippen LogP contribution in [-0.2, 0) is 6.54 Å². The molecule has 0 bridgehead atoms. The lowest BCUT2D eigenvalue weighted by atomic mass is 9.92. The maximum absolute atomic E-state index is 12.8. The highest BCUT2D eigenvalue weighted by atomic mass is 16.5. The first-order valence-corrected chi connectivity index (χ1v) is 7.67. The summed E-state index contributed by atoms with van der Waals surface area (Å²) in [6.07, 6.45) is 2.58. The fourth-order valence-corrected chi connectivity index (χ4v) is 2.87. The van der Waals surface area contributed by atoms with Gasteiger partial charge >= 0.3 is 0 Å². The number of nitrogens with zero attached hydrogens (tertiary/aromatic N) is 2. The third-order valence-electron chi connectivity index (χ3n) is 3.96. The van der Waals surface area contributed by atoms with Crippen molar-refractivity contribution in [2.24, 2.45) is 11.3 Å². The average Bonchev–Trinajstić information content (AvgIpc) is 2.80. The minimum Gasteiger partial charge on any atom is -0.342 e. The number of rotatable bonds is 4. The summed E-state index contributed by atoms with van der Waals surface area (Å²) in [5.74, 6) is -0.121. The van der Waals surface area contributed by atoms with Crippen molar-refractivity contribution in [3.05, 3.63) is 23.5 Å². The maximum Gasteiger partial charge on any atom is 0.276 e. The van der Waals surface area contributed by atoms with Gasteiger partial charge in [-0.25, -0.2) is 5.48 Å². The van der Waals surface area contributed by atoms with E-state index in [1.54, 1.807) is 17.7 Å². The molecule has 6 heteroatoms. The largest absolute Gasteiger partial charge is 0.342 e. The summed E-state index contributed by atoms with van der Waals surface area (Å²) in [7, 11) is 0. The van der Waals surface area contributed by atoms with Gasteiger partial charge in [0.1, 0.15) is 5.69 Å². The molecule has 0 unspecified atom stereocenters. The first kappa shape index (κ1) is 16.5. The minimum absolute atomic E-state index is 0.0526. The van der Waals surface area contributed by atoms with Crippen LogP contribution in [0, 0.1) is 11.3 Å². The van der Waals surface area contributed by atoms with E-state index >= 15 is 0 Å². The van der Waals surface area contributed by atoms with E-state index in [1.165, 1.54) is 0 Å². The number of fused-ring (bicyclic) bond motifs is 1. The molecule has 0 atom stereocenters. The Hall–Kier alpha value is -1.82. The van der Waals surface area contributed by atoms with Crippen LogP contribution in [0.2, 0.25) is 0 Å². The molecule has 22 heavy (non-hydrogen) atoms. The molecule has 1 aromatic rings. The smallest absolute Gasteiger partial charge is 0.276 e. The second kappa shape index (κ2) is 6.12. The Kier molecular flexibility index (Phi) is 4.60. The van der Waals surface area contributed by atoms with Crippen LogP contribution in [0.25, 0.3) is 0 Å². The highest BCUT2D eigenvalue weighted by Crippen LogP contribution is 2.27. The third kappa shape index (κ3) is 3.50. The molecule has 0 radical (unpaired) electrons. The standard InChI is InChI=1S/C16H25N3O3/c1-11(2)5-6-18-9-16(3,4)10-19-8-12(14(20)17-22)7-13(19)15(18)21/h7-8,11,22H,5-6,9-10H2,1-4H3,(H,17,20). The molecule has 0 aliphatic carbocycles. The summed E-state index contributed by atoms with van der Waals surface area (Å²) in [5.41, 5.74) is 2.34. The van der Waals surface area contributed by atoms with E-state index in [2.05, 4.69) is 27.7 Å². The van der Waals surface area contributed by atoms with Crippen molar-refractivity contribution in [3.63, 3.8) is 0 Å². The number of aromatic nitrogens is 1. The molecule has 0 saturated carbocycles. The van der Waals surface area contributed by atoms with Crippen molar-refractivity contribution in [2.75, 3.05) is 13.1 Å². The molecule has 1 aliphatic rings.